The van der Waals surface area contributed by atoms with E-state index >= 15 is 0 Å². The minimum Gasteiger partial charge on any atom is -0.492 e. The Balaban J connectivity index is 1.75. The van der Waals surface area contributed by atoms with Gasteiger partial charge in [-0.3, -0.25) is 9.69 Å². The summed E-state index contributed by atoms with van der Waals surface area (Å²) >= 11 is 0. The molecular formula is C18H28N2O3. The lowest BCUT2D eigenvalue weighted by molar-refractivity contribution is -0.130. The van der Waals surface area contributed by atoms with Gasteiger partial charge in [-0.15, -0.1) is 0 Å². The molecule has 0 aromatic heterocycles. The van der Waals surface area contributed by atoms with Crippen LogP contribution in [0.4, 0.5) is 0 Å². The van der Waals surface area contributed by atoms with E-state index < -0.39 is 5.60 Å². The van der Waals surface area contributed by atoms with Crippen LogP contribution in [-0.4, -0.2) is 66.8 Å². The van der Waals surface area contributed by atoms with Gasteiger partial charge in [-0.2, -0.15) is 0 Å². The molecule has 128 valence electrons. The molecule has 1 heterocycles. The predicted octanol–water partition coefficient (Wildman–Crippen LogP) is 1.76. The van der Waals surface area contributed by atoms with Gasteiger partial charge < -0.3 is 14.7 Å². The lowest BCUT2D eigenvalue weighted by Crippen LogP contribution is -2.49. The first-order valence-corrected chi connectivity index (χ1v) is 8.31. The van der Waals surface area contributed by atoms with Crippen LogP contribution in [0, 0.1) is 0 Å². The third kappa shape index (κ3) is 5.84. The number of β-amino-alcohol motifs (C(OH)–C–C–N with tert-alkyl or cyclic N) is 1. The van der Waals surface area contributed by atoms with Gasteiger partial charge in [-0.25, -0.2) is 0 Å². The number of carbonyl (C=O) groups is 1. The molecule has 1 saturated heterocycles. The smallest absolute Gasteiger partial charge is 0.222 e. The van der Waals surface area contributed by atoms with Gasteiger partial charge in [0, 0.05) is 33.6 Å². The third-order valence-corrected chi connectivity index (χ3v) is 4.36. The van der Waals surface area contributed by atoms with Crippen molar-refractivity contribution in [3.63, 3.8) is 0 Å². The molecule has 2 rings (SSSR count). The van der Waals surface area contributed by atoms with E-state index in [2.05, 4.69) is 4.90 Å². The summed E-state index contributed by atoms with van der Waals surface area (Å²) in [5.74, 6) is 0.944. The van der Waals surface area contributed by atoms with Gasteiger partial charge in [-0.1, -0.05) is 18.2 Å². The molecule has 0 radical (unpaired) electrons. The maximum atomic E-state index is 11.7. The molecule has 0 aliphatic carbocycles. The fourth-order valence-electron chi connectivity index (χ4n) is 2.97. The third-order valence-electron chi connectivity index (χ3n) is 4.36. The zero-order chi connectivity index (χ0) is 16.7. The Bertz CT molecular complexity index is 492. The Labute approximate surface area is 138 Å². The summed E-state index contributed by atoms with van der Waals surface area (Å²) in [4.78, 5) is 15.5. The standard InChI is InChI=1S/C18H28N2O3/c1-19(2)17(21)9-11-18(22)10-6-12-20(15-18)13-14-23-16-7-4-3-5-8-16/h3-5,7-8,22H,6,9-15H2,1-2H3/t18-/m0/s1. The average Bonchev–Trinajstić information content (AvgIpc) is 2.54. The molecule has 5 heteroatoms. The molecule has 0 unspecified atom stereocenters. The van der Waals surface area contributed by atoms with Crippen molar-refractivity contribution in [2.45, 2.75) is 31.3 Å². The highest BCUT2D eigenvalue weighted by Gasteiger charge is 2.33. The highest BCUT2D eigenvalue weighted by Crippen LogP contribution is 2.26. The Morgan fingerprint density at radius 3 is 2.78 bits per heavy atom. The van der Waals surface area contributed by atoms with Crippen molar-refractivity contribution >= 4 is 5.91 Å². The lowest BCUT2D eigenvalue weighted by Gasteiger charge is -2.39. The molecule has 1 aromatic carbocycles. The van der Waals surface area contributed by atoms with Crippen LogP contribution in [0.1, 0.15) is 25.7 Å². The first-order valence-electron chi connectivity index (χ1n) is 8.31. The summed E-state index contributed by atoms with van der Waals surface area (Å²) in [6.45, 7) is 2.99. The molecule has 1 fully saturated rings. The number of hydrogen-bond acceptors (Lipinski definition) is 4. The highest BCUT2D eigenvalue weighted by atomic mass is 16.5. The van der Waals surface area contributed by atoms with Crippen molar-refractivity contribution in [1.29, 1.82) is 0 Å². The van der Waals surface area contributed by atoms with Crippen molar-refractivity contribution in [2.75, 3.05) is 40.3 Å². The number of carbonyl (C=O) groups excluding carboxylic acids is 1. The molecule has 23 heavy (non-hydrogen) atoms. The topological polar surface area (TPSA) is 53.0 Å². The van der Waals surface area contributed by atoms with E-state index in [1.54, 1.807) is 19.0 Å². The van der Waals surface area contributed by atoms with Crippen LogP contribution in [0.25, 0.3) is 0 Å². The number of benzene rings is 1. The number of amides is 1. The molecule has 1 aliphatic heterocycles. The fraction of sp³-hybridized carbons (Fsp3) is 0.611. The Morgan fingerprint density at radius 1 is 1.35 bits per heavy atom. The van der Waals surface area contributed by atoms with Crippen LogP contribution in [0.15, 0.2) is 30.3 Å². The van der Waals surface area contributed by atoms with Crippen molar-refractivity contribution in [1.82, 2.24) is 9.80 Å². The second kappa shape index (κ2) is 8.31. The maximum Gasteiger partial charge on any atom is 0.222 e. The summed E-state index contributed by atoms with van der Waals surface area (Å²) in [6, 6.07) is 9.76. The second-order valence-electron chi connectivity index (χ2n) is 6.55. The average molecular weight is 320 g/mol. The van der Waals surface area contributed by atoms with Crippen molar-refractivity contribution in [3.05, 3.63) is 30.3 Å². The lowest BCUT2D eigenvalue weighted by atomic mass is 9.88. The van der Waals surface area contributed by atoms with E-state index in [0.29, 0.717) is 26.0 Å². The Morgan fingerprint density at radius 2 is 2.09 bits per heavy atom. The van der Waals surface area contributed by atoms with E-state index in [9.17, 15) is 9.90 Å². The number of aliphatic hydroxyl groups is 1. The van der Waals surface area contributed by atoms with Gasteiger partial charge in [0.1, 0.15) is 12.4 Å². The van der Waals surface area contributed by atoms with Gasteiger partial charge in [-0.05, 0) is 37.9 Å². The molecule has 1 aliphatic rings. The van der Waals surface area contributed by atoms with Crippen molar-refractivity contribution < 1.29 is 14.6 Å². The van der Waals surface area contributed by atoms with E-state index in [0.717, 1.165) is 31.7 Å². The summed E-state index contributed by atoms with van der Waals surface area (Å²) in [5, 5.41) is 10.7. The van der Waals surface area contributed by atoms with Crippen molar-refractivity contribution in [3.8, 4) is 5.75 Å². The number of likely N-dealkylation sites (tertiary alicyclic amines) is 1. The van der Waals surface area contributed by atoms with Crippen LogP contribution in [0.3, 0.4) is 0 Å². The van der Waals surface area contributed by atoms with Gasteiger partial charge in [0.15, 0.2) is 0 Å². The molecule has 1 aromatic rings. The Kier molecular flexibility index (Phi) is 6.42. The van der Waals surface area contributed by atoms with Gasteiger partial charge in [0.25, 0.3) is 0 Å². The predicted molar refractivity (Wildman–Crippen MR) is 90.5 cm³/mol. The molecule has 1 amide bonds. The zero-order valence-corrected chi connectivity index (χ0v) is 14.2. The minimum absolute atomic E-state index is 0.0722. The van der Waals surface area contributed by atoms with Crippen molar-refractivity contribution in [2.24, 2.45) is 0 Å². The van der Waals surface area contributed by atoms with Crippen LogP contribution in [0.2, 0.25) is 0 Å². The fourth-order valence-corrected chi connectivity index (χ4v) is 2.97. The van der Waals surface area contributed by atoms with E-state index in [1.165, 1.54) is 0 Å². The Hall–Kier alpha value is -1.59. The quantitative estimate of drug-likeness (QED) is 0.832. The highest BCUT2D eigenvalue weighted by molar-refractivity contribution is 5.75. The molecule has 0 saturated carbocycles. The SMILES string of the molecule is CN(C)C(=O)CC[C@@]1(O)CCCN(CCOc2ccccc2)C1. The summed E-state index contributed by atoms with van der Waals surface area (Å²) in [5.41, 5.74) is -0.753. The number of hydrogen-bond donors (Lipinski definition) is 1. The van der Waals surface area contributed by atoms with Crippen LogP contribution in [0.5, 0.6) is 5.75 Å². The van der Waals surface area contributed by atoms with Crippen LogP contribution in [-0.2, 0) is 4.79 Å². The number of rotatable bonds is 7. The van der Waals surface area contributed by atoms with Crippen LogP contribution < -0.4 is 4.74 Å². The number of para-hydroxylation sites is 1. The largest absolute Gasteiger partial charge is 0.492 e. The summed E-state index contributed by atoms with van der Waals surface area (Å²) < 4.78 is 5.72. The molecular weight excluding hydrogens is 292 g/mol. The maximum absolute atomic E-state index is 11.7. The molecule has 0 spiro atoms. The summed E-state index contributed by atoms with van der Waals surface area (Å²) in [6.07, 6.45) is 2.65. The number of ether oxygens (including phenoxy) is 1. The van der Waals surface area contributed by atoms with E-state index in [4.69, 9.17) is 4.74 Å². The first-order chi connectivity index (χ1) is 11.0. The van der Waals surface area contributed by atoms with Crippen LogP contribution >= 0.6 is 0 Å². The van der Waals surface area contributed by atoms with Gasteiger partial charge in [0.2, 0.25) is 5.91 Å². The normalized spacial score (nSPS) is 21.9. The zero-order valence-electron chi connectivity index (χ0n) is 14.2. The molecule has 1 N–H and O–H groups in total. The second-order valence-corrected chi connectivity index (χ2v) is 6.55. The first kappa shape index (κ1) is 17.8. The molecule has 1 atom stereocenters. The van der Waals surface area contributed by atoms with Gasteiger partial charge in [0.05, 0.1) is 5.60 Å². The monoisotopic (exact) mass is 320 g/mol. The van der Waals surface area contributed by atoms with E-state index in [1.807, 2.05) is 30.3 Å². The summed E-state index contributed by atoms with van der Waals surface area (Å²) in [7, 11) is 3.50. The number of piperidine rings is 1. The van der Waals surface area contributed by atoms with E-state index in [-0.39, 0.29) is 5.91 Å². The minimum atomic E-state index is -0.753. The van der Waals surface area contributed by atoms with Gasteiger partial charge >= 0.3 is 0 Å². The molecule has 0 bridgehead atoms. The molecule has 5 nitrogen and oxygen atoms in total. The number of nitrogens with zero attached hydrogens (tertiary/aromatic N) is 2.